The third-order valence-corrected chi connectivity index (χ3v) is 5.78. The maximum atomic E-state index is 12.8. The summed E-state index contributed by atoms with van der Waals surface area (Å²) in [7, 11) is -1.22. The summed E-state index contributed by atoms with van der Waals surface area (Å²) in [5, 5.41) is 3.69. The Morgan fingerprint density at radius 1 is 1.27 bits per heavy atom. The van der Waals surface area contributed by atoms with Gasteiger partial charge in [0.05, 0.1) is 5.56 Å². The number of aliphatic imine (C=N–C) groups is 1. The molecule has 0 aliphatic carbocycles. The molecule has 10 heteroatoms. The molecule has 0 amide bonds. The van der Waals surface area contributed by atoms with Crippen LogP contribution < -0.4 is 11.2 Å². The Morgan fingerprint density at radius 3 is 2.69 bits per heavy atom. The predicted molar refractivity (Wildman–Crippen MR) is 99.1 cm³/mol. The highest BCUT2D eigenvalue weighted by Crippen LogP contribution is 2.19. The van der Waals surface area contributed by atoms with Crippen LogP contribution in [0.3, 0.4) is 0 Å². The molecule has 2 aromatic heterocycles. The summed E-state index contributed by atoms with van der Waals surface area (Å²) in [5.41, 5.74) is -0.386. The number of aromatic nitrogens is 4. The summed E-state index contributed by atoms with van der Waals surface area (Å²) in [6.07, 6.45) is 2.03. The van der Waals surface area contributed by atoms with Gasteiger partial charge in [0.15, 0.2) is 5.82 Å². The predicted octanol–water partition coefficient (Wildman–Crippen LogP) is 1.32. The van der Waals surface area contributed by atoms with Crippen LogP contribution in [-0.2, 0) is 24.4 Å². The second kappa shape index (κ2) is 7.12. The molecular weight excluding hydrogens is 354 g/mol. The first-order valence-corrected chi connectivity index (χ1v) is 12.2. The number of ether oxygens (including phenoxy) is 1. The molecule has 0 bridgehead atoms. The highest BCUT2D eigenvalue weighted by atomic mass is 28.3. The minimum Gasteiger partial charge on any atom is -0.361 e. The summed E-state index contributed by atoms with van der Waals surface area (Å²) in [6.45, 7) is 9.03. The van der Waals surface area contributed by atoms with Crippen LogP contribution in [0.2, 0.25) is 25.7 Å². The van der Waals surface area contributed by atoms with Gasteiger partial charge in [0.1, 0.15) is 19.1 Å². The normalized spacial score (nSPS) is 13.4. The van der Waals surface area contributed by atoms with Crippen molar-refractivity contribution in [3.8, 4) is 0 Å². The van der Waals surface area contributed by atoms with E-state index in [0.717, 1.165) is 10.6 Å². The van der Waals surface area contributed by atoms with Gasteiger partial charge in [-0.25, -0.2) is 9.79 Å². The van der Waals surface area contributed by atoms with Crippen LogP contribution >= 0.6 is 0 Å². The number of nitrogens with zero attached hydrogens (tertiary/aromatic N) is 5. The average molecular weight is 377 g/mol. The minimum atomic E-state index is -1.22. The summed E-state index contributed by atoms with van der Waals surface area (Å²) in [5.74, 6) is 1.05. The van der Waals surface area contributed by atoms with Crippen molar-refractivity contribution < 1.29 is 9.26 Å². The van der Waals surface area contributed by atoms with Gasteiger partial charge in [-0.3, -0.25) is 13.9 Å². The van der Waals surface area contributed by atoms with E-state index in [0.29, 0.717) is 30.2 Å². The zero-order valence-electron chi connectivity index (χ0n) is 15.5. The molecule has 0 unspecified atom stereocenters. The maximum absolute atomic E-state index is 12.8. The van der Waals surface area contributed by atoms with Gasteiger partial charge in [-0.2, -0.15) is 4.98 Å². The van der Waals surface area contributed by atoms with Crippen LogP contribution in [0, 0.1) is 6.92 Å². The van der Waals surface area contributed by atoms with Gasteiger partial charge >= 0.3 is 5.69 Å². The fourth-order valence-electron chi connectivity index (χ4n) is 2.62. The van der Waals surface area contributed by atoms with Gasteiger partial charge in [0.25, 0.3) is 5.56 Å². The van der Waals surface area contributed by atoms with Crippen molar-refractivity contribution in [3.05, 3.63) is 38.1 Å². The van der Waals surface area contributed by atoms with Gasteiger partial charge < -0.3 is 9.26 Å². The summed E-state index contributed by atoms with van der Waals surface area (Å²) in [4.78, 5) is 33.8. The maximum Gasteiger partial charge on any atom is 0.335 e. The highest BCUT2D eigenvalue weighted by Gasteiger charge is 2.22. The number of aryl methyl sites for hydroxylation is 1. The Kier molecular flexibility index (Phi) is 5.05. The topological polar surface area (TPSA) is 105 Å². The molecule has 0 fully saturated rings. The third kappa shape index (κ3) is 3.91. The Bertz CT molecular complexity index is 951. The van der Waals surface area contributed by atoms with Crippen molar-refractivity contribution >= 4 is 20.1 Å². The molecule has 3 rings (SSSR count). The van der Waals surface area contributed by atoms with Crippen LogP contribution in [-0.4, -0.2) is 40.2 Å². The average Bonchev–Trinajstić information content (AvgIpc) is 3.19. The Hall–Kier alpha value is -2.33. The molecule has 0 aromatic carbocycles. The fourth-order valence-corrected chi connectivity index (χ4v) is 3.38. The standard InChI is InChI=1S/C16H23N5O4Si/c1-11-18-13(25-19-11)9-20-15(22)12-5-6-17-14(12)21(16(20)23)10-24-7-8-26(2,3)4/h6H,5,7-10H2,1-4H3. The van der Waals surface area contributed by atoms with E-state index >= 15 is 0 Å². The second-order valence-electron chi connectivity index (χ2n) is 7.50. The molecular formula is C16H23N5O4Si. The first-order chi connectivity index (χ1) is 12.3. The van der Waals surface area contributed by atoms with E-state index in [1.165, 1.54) is 4.57 Å². The van der Waals surface area contributed by atoms with Crippen LogP contribution in [0.1, 0.15) is 17.3 Å². The quantitative estimate of drug-likeness (QED) is 0.532. The Morgan fingerprint density at radius 2 is 2.04 bits per heavy atom. The van der Waals surface area contributed by atoms with Crippen molar-refractivity contribution in [2.75, 3.05) is 6.61 Å². The van der Waals surface area contributed by atoms with Crippen LogP contribution in [0.25, 0.3) is 0 Å². The van der Waals surface area contributed by atoms with Gasteiger partial charge in [0.2, 0.25) is 5.89 Å². The lowest BCUT2D eigenvalue weighted by Gasteiger charge is -2.17. The lowest BCUT2D eigenvalue weighted by Crippen LogP contribution is -2.42. The molecule has 2 aromatic rings. The van der Waals surface area contributed by atoms with Crippen molar-refractivity contribution in [3.63, 3.8) is 0 Å². The van der Waals surface area contributed by atoms with Gasteiger partial charge in [0, 0.05) is 27.3 Å². The fraction of sp³-hybridized carbons (Fsp3) is 0.562. The minimum absolute atomic E-state index is 0.0616. The smallest absolute Gasteiger partial charge is 0.335 e. The zero-order chi connectivity index (χ0) is 18.9. The van der Waals surface area contributed by atoms with Crippen LogP contribution in [0.4, 0.5) is 5.82 Å². The van der Waals surface area contributed by atoms with Crippen LogP contribution in [0.15, 0.2) is 19.1 Å². The number of hydrogen-bond acceptors (Lipinski definition) is 7. The van der Waals surface area contributed by atoms with E-state index in [2.05, 4.69) is 34.8 Å². The molecule has 0 saturated heterocycles. The first kappa shape index (κ1) is 18.5. The zero-order valence-corrected chi connectivity index (χ0v) is 16.5. The van der Waals surface area contributed by atoms with E-state index in [1.54, 1.807) is 13.1 Å². The molecule has 1 aliphatic heterocycles. The molecule has 140 valence electrons. The summed E-state index contributed by atoms with van der Waals surface area (Å²) >= 11 is 0. The second-order valence-corrected chi connectivity index (χ2v) is 13.1. The van der Waals surface area contributed by atoms with E-state index in [1.807, 2.05) is 0 Å². The highest BCUT2D eigenvalue weighted by molar-refractivity contribution is 6.76. The Balaban J connectivity index is 1.90. The van der Waals surface area contributed by atoms with Gasteiger partial charge in [-0.05, 0) is 13.0 Å². The number of fused-ring (bicyclic) bond motifs is 1. The number of hydrogen-bond donors (Lipinski definition) is 0. The van der Waals surface area contributed by atoms with E-state index < -0.39 is 13.8 Å². The lowest BCUT2D eigenvalue weighted by atomic mass is 10.2. The van der Waals surface area contributed by atoms with E-state index in [4.69, 9.17) is 9.26 Å². The molecule has 0 spiro atoms. The first-order valence-electron chi connectivity index (χ1n) is 8.52. The van der Waals surface area contributed by atoms with Gasteiger partial charge in [-0.1, -0.05) is 24.8 Å². The van der Waals surface area contributed by atoms with Gasteiger partial charge in [-0.15, -0.1) is 0 Å². The molecule has 1 aliphatic rings. The SMILES string of the molecule is Cc1noc(Cn2c(=O)c3c(n(COCC[Si](C)(C)C)c2=O)N=CC3)n1. The van der Waals surface area contributed by atoms with Crippen molar-refractivity contribution in [2.24, 2.45) is 4.99 Å². The third-order valence-electron chi connectivity index (χ3n) is 4.08. The Labute approximate surface area is 151 Å². The lowest BCUT2D eigenvalue weighted by molar-refractivity contribution is 0.0837. The molecule has 3 heterocycles. The van der Waals surface area contributed by atoms with E-state index in [9.17, 15) is 9.59 Å². The van der Waals surface area contributed by atoms with Crippen molar-refractivity contribution in [1.29, 1.82) is 0 Å². The summed E-state index contributed by atoms with van der Waals surface area (Å²) < 4.78 is 13.3. The van der Waals surface area contributed by atoms with Crippen molar-refractivity contribution in [2.45, 2.75) is 52.3 Å². The molecule has 0 atom stereocenters. The summed E-state index contributed by atoms with van der Waals surface area (Å²) in [6, 6.07) is 0.994. The molecule has 9 nitrogen and oxygen atoms in total. The molecule has 26 heavy (non-hydrogen) atoms. The van der Waals surface area contributed by atoms with Crippen LogP contribution in [0.5, 0.6) is 0 Å². The monoisotopic (exact) mass is 377 g/mol. The number of rotatable bonds is 7. The van der Waals surface area contributed by atoms with Crippen molar-refractivity contribution in [1.82, 2.24) is 19.3 Å². The van der Waals surface area contributed by atoms with E-state index in [-0.39, 0.29) is 24.7 Å². The molecule has 0 saturated carbocycles. The molecule has 0 N–H and O–H groups in total. The molecule has 0 radical (unpaired) electrons. The largest absolute Gasteiger partial charge is 0.361 e.